The Hall–Kier alpha value is -5.05. The number of fused-ring (bicyclic) bond motifs is 1. The third-order valence-corrected chi connectivity index (χ3v) is 10.3. The minimum Gasteiger partial charge on any atom is -0.369 e. The van der Waals surface area contributed by atoms with Crippen molar-refractivity contribution in [2.75, 3.05) is 54.9 Å². The maximum absolute atomic E-state index is 13.0. The number of hydrogen-bond acceptors (Lipinski definition) is 9. The molecule has 1 saturated carbocycles. The van der Waals surface area contributed by atoms with Crippen LogP contribution in [0.3, 0.4) is 0 Å². The van der Waals surface area contributed by atoms with Crippen molar-refractivity contribution >= 4 is 45.8 Å². The Morgan fingerprint density at radius 2 is 1.76 bits per heavy atom. The van der Waals surface area contributed by atoms with E-state index >= 15 is 0 Å². The van der Waals surface area contributed by atoms with Gasteiger partial charge in [0.05, 0.1) is 12.2 Å². The zero-order valence-electron chi connectivity index (χ0n) is 28.3. The molecule has 7 rings (SSSR count). The first-order valence-corrected chi connectivity index (χ1v) is 17.3. The minimum atomic E-state index is -4.65. The molecule has 5 heterocycles. The van der Waals surface area contributed by atoms with E-state index in [1.54, 1.807) is 12.3 Å². The molecule has 1 aliphatic carbocycles. The molecular formula is C36H40F3N9O3. The SMILES string of the molecule is CN(c1cccc(N2CCN(CC3CCC(n4cc5cc(NC(=O)c6cccc(C(F)(F)F)n6)ncc5n4)CC3)CC2)c1)C1CCC(=O)NC1=O. The molecule has 12 nitrogen and oxygen atoms in total. The molecule has 2 aliphatic heterocycles. The number of amides is 3. The van der Waals surface area contributed by atoms with E-state index in [0.29, 0.717) is 24.3 Å². The molecule has 3 fully saturated rings. The van der Waals surface area contributed by atoms with Crippen LogP contribution in [0.4, 0.5) is 30.4 Å². The topological polar surface area (TPSA) is 129 Å². The standard InChI is InChI=1S/C36H40F3N9O3/c1-45(30-12-13-33(49)43-35(30)51)26-4-2-5-27(19-26)47-16-14-46(15-17-47)21-23-8-10-25(11-9-23)48-22-24-18-32(40-20-29(24)44-48)42-34(50)28-6-3-7-31(41-28)36(37,38)39/h2-7,18-20,22-23,25,30H,8-17,21H2,1H3,(H,42,50)(H,43,49,51). The summed E-state index contributed by atoms with van der Waals surface area (Å²) in [6.07, 6.45) is 3.92. The quantitative estimate of drug-likeness (QED) is 0.247. The van der Waals surface area contributed by atoms with Crippen LogP contribution in [0.2, 0.25) is 0 Å². The van der Waals surface area contributed by atoms with Crippen molar-refractivity contribution in [1.29, 1.82) is 0 Å². The fourth-order valence-electron chi connectivity index (χ4n) is 7.39. The molecule has 0 bridgehead atoms. The van der Waals surface area contributed by atoms with Crippen molar-refractivity contribution in [3.8, 4) is 0 Å². The van der Waals surface area contributed by atoms with Crippen molar-refractivity contribution < 1.29 is 27.6 Å². The summed E-state index contributed by atoms with van der Waals surface area (Å²) in [5.41, 5.74) is 1.30. The van der Waals surface area contributed by atoms with Gasteiger partial charge in [-0.15, -0.1) is 0 Å². The summed E-state index contributed by atoms with van der Waals surface area (Å²) < 4.78 is 41.1. The molecule has 1 atom stereocenters. The molecule has 1 aromatic carbocycles. The van der Waals surface area contributed by atoms with Gasteiger partial charge >= 0.3 is 6.18 Å². The summed E-state index contributed by atoms with van der Waals surface area (Å²) in [5.74, 6) is -0.410. The summed E-state index contributed by atoms with van der Waals surface area (Å²) in [4.78, 5) is 51.2. The molecule has 3 aromatic heterocycles. The summed E-state index contributed by atoms with van der Waals surface area (Å²) in [7, 11) is 1.91. The van der Waals surface area contributed by atoms with Crippen LogP contribution >= 0.6 is 0 Å². The monoisotopic (exact) mass is 703 g/mol. The number of halogens is 3. The molecule has 268 valence electrons. The van der Waals surface area contributed by atoms with Gasteiger partial charge in [0.15, 0.2) is 0 Å². The molecule has 1 unspecified atom stereocenters. The number of rotatable bonds is 8. The van der Waals surface area contributed by atoms with E-state index in [1.807, 2.05) is 35.0 Å². The first-order chi connectivity index (χ1) is 24.5. The lowest BCUT2D eigenvalue weighted by Gasteiger charge is -2.39. The number of likely N-dealkylation sites (N-methyl/N-ethyl adjacent to an activating group) is 1. The van der Waals surface area contributed by atoms with E-state index in [-0.39, 0.29) is 35.4 Å². The van der Waals surface area contributed by atoms with Crippen molar-refractivity contribution in [2.45, 2.75) is 56.8 Å². The van der Waals surface area contributed by atoms with Gasteiger partial charge in [-0.25, -0.2) is 9.97 Å². The van der Waals surface area contributed by atoms with E-state index in [4.69, 9.17) is 5.10 Å². The number of hydrogen-bond donors (Lipinski definition) is 2. The fourth-order valence-corrected chi connectivity index (χ4v) is 7.39. The maximum atomic E-state index is 13.0. The largest absolute Gasteiger partial charge is 0.433 e. The number of carbonyl (C=O) groups excluding carboxylic acids is 3. The lowest BCUT2D eigenvalue weighted by Crippen LogP contribution is -2.51. The van der Waals surface area contributed by atoms with Crippen LogP contribution in [0.1, 0.15) is 60.7 Å². The number of piperidine rings is 1. The number of nitrogens with one attached hydrogen (secondary N) is 2. The smallest absolute Gasteiger partial charge is 0.369 e. The number of piperazine rings is 1. The highest BCUT2D eigenvalue weighted by molar-refractivity contribution is 6.03. The lowest BCUT2D eigenvalue weighted by molar-refractivity contribution is -0.141. The van der Waals surface area contributed by atoms with E-state index in [1.165, 1.54) is 6.07 Å². The van der Waals surface area contributed by atoms with Crippen LogP contribution in [0.25, 0.3) is 10.9 Å². The second kappa shape index (κ2) is 14.3. The minimum absolute atomic E-state index is 0.210. The number of pyridine rings is 2. The predicted molar refractivity (Wildman–Crippen MR) is 185 cm³/mol. The first-order valence-electron chi connectivity index (χ1n) is 17.3. The molecule has 3 aliphatic rings. The summed E-state index contributed by atoms with van der Waals surface area (Å²) in [5, 5.41) is 10.5. The van der Waals surface area contributed by atoms with Crippen LogP contribution in [-0.2, 0) is 15.8 Å². The highest BCUT2D eigenvalue weighted by atomic mass is 19.4. The Kier molecular flexibility index (Phi) is 9.64. The van der Waals surface area contributed by atoms with Crippen LogP contribution < -0.4 is 20.4 Å². The van der Waals surface area contributed by atoms with Crippen molar-refractivity contribution in [2.24, 2.45) is 5.92 Å². The van der Waals surface area contributed by atoms with Crippen molar-refractivity contribution in [3.05, 3.63) is 72.3 Å². The maximum Gasteiger partial charge on any atom is 0.433 e. The zero-order chi connectivity index (χ0) is 35.7. The van der Waals surface area contributed by atoms with Gasteiger partial charge in [-0.3, -0.25) is 29.3 Å². The summed E-state index contributed by atoms with van der Waals surface area (Å²) >= 11 is 0. The van der Waals surface area contributed by atoms with Gasteiger partial charge in [-0.05, 0) is 74.4 Å². The number of benzene rings is 1. The number of carbonyl (C=O) groups is 3. The Morgan fingerprint density at radius 1 is 1.00 bits per heavy atom. The Bertz CT molecular complexity index is 1920. The molecule has 15 heteroatoms. The number of anilines is 3. The van der Waals surface area contributed by atoms with Crippen LogP contribution in [-0.4, -0.2) is 88.2 Å². The third kappa shape index (κ3) is 7.82. The molecular weight excluding hydrogens is 663 g/mol. The first kappa shape index (κ1) is 34.4. The van der Waals surface area contributed by atoms with Gasteiger partial charge < -0.3 is 15.1 Å². The molecule has 4 aromatic rings. The summed E-state index contributed by atoms with van der Waals surface area (Å²) in [6.45, 7) is 4.87. The second-order valence-corrected chi connectivity index (χ2v) is 13.7. The molecule has 2 saturated heterocycles. The van der Waals surface area contributed by atoms with E-state index in [0.717, 1.165) is 87.3 Å². The Morgan fingerprint density at radius 3 is 2.51 bits per heavy atom. The normalized spacial score (nSPS) is 21.8. The lowest BCUT2D eigenvalue weighted by atomic mass is 9.85. The van der Waals surface area contributed by atoms with Gasteiger partial charge in [0.25, 0.3) is 5.91 Å². The second-order valence-electron chi connectivity index (χ2n) is 13.7. The molecule has 0 radical (unpaired) electrons. The Balaban J connectivity index is 0.885. The number of alkyl halides is 3. The molecule has 51 heavy (non-hydrogen) atoms. The number of imide groups is 1. The molecule has 3 amide bonds. The van der Waals surface area contributed by atoms with Gasteiger partial charge in [-0.1, -0.05) is 12.1 Å². The predicted octanol–water partition coefficient (Wildman–Crippen LogP) is 4.89. The highest BCUT2D eigenvalue weighted by Gasteiger charge is 2.33. The van der Waals surface area contributed by atoms with Gasteiger partial charge in [0, 0.05) is 69.2 Å². The van der Waals surface area contributed by atoms with Gasteiger partial charge in [-0.2, -0.15) is 18.3 Å². The fraction of sp³-hybridized carbons (Fsp3) is 0.444. The van der Waals surface area contributed by atoms with Crippen LogP contribution in [0.15, 0.2) is 60.9 Å². The third-order valence-electron chi connectivity index (χ3n) is 10.3. The van der Waals surface area contributed by atoms with Gasteiger partial charge in [0.2, 0.25) is 11.8 Å². The van der Waals surface area contributed by atoms with E-state index in [9.17, 15) is 27.6 Å². The Labute approximate surface area is 293 Å². The van der Waals surface area contributed by atoms with E-state index < -0.39 is 17.8 Å². The van der Waals surface area contributed by atoms with E-state index in [2.05, 4.69) is 42.5 Å². The number of aromatic nitrogens is 4. The average molecular weight is 704 g/mol. The summed E-state index contributed by atoms with van der Waals surface area (Å²) in [6, 6.07) is 13.0. The molecule has 0 spiro atoms. The van der Waals surface area contributed by atoms with Crippen molar-refractivity contribution in [1.82, 2.24) is 30.0 Å². The van der Waals surface area contributed by atoms with Crippen molar-refractivity contribution in [3.63, 3.8) is 0 Å². The van der Waals surface area contributed by atoms with Crippen LogP contribution in [0.5, 0.6) is 0 Å². The number of nitrogens with zero attached hydrogens (tertiary/aromatic N) is 7. The van der Waals surface area contributed by atoms with Gasteiger partial charge in [0.1, 0.15) is 28.8 Å². The molecule has 2 N–H and O–H groups in total. The van der Waals surface area contributed by atoms with Crippen LogP contribution in [0, 0.1) is 5.92 Å². The highest BCUT2D eigenvalue weighted by Crippen LogP contribution is 2.34. The average Bonchev–Trinajstić information content (AvgIpc) is 3.55. The zero-order valence-corrected chi connectivity index (χ0v) is 28.3.